The molecule has 0 heterocycles. The number of amides is 1. The summed E-state index contributed by atoms with van der Waals surface area (Å²) in [6, 6.07) is 7.55. The summed E-state index contributed by atoms with van der Waals surface area (Å²) < 4.78 is 64.1. The van der Waals surface area contributed by atoms with Gasteiger partial charge in [-0.2, -0.15) is 0 Å². The molecule has 1 amide bonds. The standard InChI is InChI=1S/C12H19N2O2.CH4O4S.CH4O3S/c1-13(2)12(15)16-11-8-6-7-10(9-11)14(3,4)5;1-5-6(2,3)4;1-5(2,3)4/h6-9H,1-5H3;1H3,(H,2,3,4);1H3,(H,2,3,4)/q+1;;/p-2. The van der Waals surface area contributed by atoms with E-state index in [1.54, 1.807) is 20.2 Å². The largest absolute Gasteiger partial charge is 0.748 e. The second kappa shape index (κ2) is 11.2. The van der Waals surface area contributed by atoms with Crippen LogP contribution in [0.5, 0.6) is 5.75 Å². The Balaban J connectivity index is 0. The predicted molar refractivity (Wildman–Crippen MR) is 98.0 cm³/mol. The van der Waals surface area contributed by atoms with Crippen molar-refractivity contribution in [1.29, 1.82) is 0 Å². The summed E-state index contributed by atoms with van der Waals surface area (Å²) >= 11 is 0. The minimum absolute atomic E-state index is 0.362. The van der Waals surface area contributed by atoms with E-state index >= 15 is 0 Å². The first kappa shape index (κ1) is 27.4. The van der Waals surface area contributed by atoms with Gasteiger partial charge in [-0.15, -0.1) is 0 Å². The SMILES string of the molecule is CN(C)C(=O)Oc1cccc([N+](C)(C)C)c1.COS(=O)(=O)[O-].CS(=O)(=O)[O-]. The van der Waals surface area contributed by atoms with E-state index in [-0.39, 0.29) is 6.09 Å². The molecule has 13 heteroatoms. The summed E-state index contributed by atoms with van der Waals surface area (Å²) in [5.74, 6) is 0.573. The zero-order chi connectivity index (χ0) is 22.1. The average molecular weight is 429 g/mol. The Hall–Kier alpha value is -1.77. The van der Waals surface area contributed by atoms with Crippen LogP contribution < -0.4 is 9.22 Å². The maximum absolute atomic E-state index is 11.4. The van der Waals surface area contributed by atoms with Crippen LogP contribution in [0.1, 0.15) is 0 Å². The minimum Gasteiger partial charge on any atom is -0.748 e. The molecule has 1 aromatic rings. The van der Waals surface area contributed by atoms with Crippen molar-refractivity contribution in [1.82, 2.24) is 9.38 Å². The molecular weight excluding hydrogens is 404 g/mol. The Kier molecular flexibility index (Phi) is 11.3. The molecule has 0 aromatic heterocycles. The second-order valence-corrected chi connectivity index (χ2v) is 8.61. The molecule has 0 bridgehead atoms. The van der Waals surface area contributed by atoms with Crippen LogP contribution in [0.2, 0.25) is 0 Å². The summed E-state index contributed by atoms with van der Waals surface area (Å²) in [5, 5.41) is 0. The summed E-state index contributed by atoms with van der Waals surface area (Å²) in [7, 11) is 1.98. The molecule has 0 aliphatic rings. The van der Waals surface area contributed by atoms with Crippen LogP contribution in [0.15, 0.2) is 24.3 Å². The van der Waals surface area contributed by atoms with Gasteiger partial charge >= 0.3 is 6.09 Å². The van der Waals surface area contributed by atoms with Crippen molar-refractivity contribution in [2.45, 2.75) is 0 Å². The fraction of sp³-hybridized carbons (Fsp3) is 0.500. The fourth-order valence-corrected chi connectivity index (χ4v) is 1.16. The van der Waals surface area contributed by atoms with Crippen LogP contribution in [-0.4, -0.2) is 85.5 Å². The maximum Gasteiger partial charge on any atom is 0.414 e. The van der Waals surface area contributed by atoms with Gasteiger partial charge in [-0.3, -0.25) is 8.67 Å². The van der Waals surface area contributed by atoms with Crippen LogP contribution >= 0.6 is 0 Å². The van der Waals surface area contributed by atoms with Gasteiger partial charge in [0.25, 0.3) is 0 Å². The normalized spacial score (nSPS) is 11.3. The lowest BCUT2D eigenvalue weighted by Gasteiger charge is -2.23. The molecule has 11 nitrogen and oxygen atoms in total. The van der Waals surface area contributed by atoms with E-state index in [0.29, 0.717) is 16.5 Å². The molecule has 0 unspecified atom stereocenters. The van der Waals surface area contributed by atoms with Gasteiger partial charge in [0.1, 0.15) is 11.4 Å². The summed E-state index contributed by atoms with van der Waals surface area (Å²) in [5.41, 5.74) is 1.09. The number of rotatable bonds is 3. The summed E-state index contributed by atoms with van der Waals surface area (Å²) in [4.78, 5) is 12.8. The molecule has 0 fully saturated rings. The smallest absolute Gasteiger partial charge is 0.414 e. The Morgan fingerprint density at radius 3 is 1.78 bits per heavy atom. The first-order valence-electron chi connectivity index (χ1n) is 7.10. The van der Waals surface area contributed by atoms with E-state index in [1.165, 1.54) is 4.90 Å². The first-order chi connectivity index (χ1) is 11.9. The molecule has 0 N–H and O–H groups in total. The second-order valence-electron chi connectivity index (χ2n) is 6.05. The molecule has 1 rings (SSSR count). The van der Waals surface area contributed by atoms with Crippen LogP contribution in [0, 0.1) is 0 Å². The van der Waals surface area contributed by atoms with Crippen molar-refractivity contribution in [3.05, 3.63) is 24.3 Å². The van der Waals surface area contributed by atoms with Gasteiger partial charge in [-0.05, 0) is 12.1 Å². The monoisotopic (exact) mass is 429 g/mol. The van der Waals surface area contributed by atoms with Crippen LogP contribution in [-0.2, 0) is 24.7 Å². The summed E-state index contributed by atoms with van der Waals surface area (Å²) in [6.07, 6.45) is 0.242. The van der Waals surface area contributed by atoms with Crippen molar-refractivity contribution >= 4 is 32.3 Å². The highest BCUT2D eigenvalue weighted by Crippen LogP contribution is 2.23. The van der Waals surface area contributed by atoms with E-state index < -0.39 is 20.5 Å². The lowest BCUT2D eigenvalue weighted by molar-refractivity contribution is 0.172. The number of hydrogen-bond acceptors (Lipinski definition) is 9. The van der Waals surface area contributed by atoms with Gasteiger partial charge in [0.05, 0.1) is 38.4 Å². The van der Waals surface area contributed by atoms with Gasteiger partial charge in [-0.1, -0.05) is 6.07 Å². The quantitative estimate of drug-likeness (QED) is 0.372. The Labute approximate surface area is 160 Å². The van der Waals surface area contributed by atoms with Crippen LogP contribution in [0.3, 0.4) is 0 Å². The molecule has 0 radical (unpaired) electrons. The van der Waals surface area contributed by atoms with E-state index in [1.807, 2.05) is 18.2 Å². The van der Waals surface area contributed by atoms with Crippen molar-refractivity contribution in [3.63, 3.8) is 0 Å². The molecule has 0 aliphatic carbocycles. The zero-order valence-corrected chi connectivity index (χ0v) is 17.8. The third-order valence-electron chi connectivity index (χ3n) is 2.37. The van der Waals surface area contributed by atoms with Gasteiger partial charge in [0.2, 0.25) is 10.4 Å². The number of carbonyl (C=O) groups is 1. The maximum atomic E-state index is 11.4. The number of carbonyl (C=O) groups excluding carboxylic acids is 1. The van der Waals surface area contributed by atoms with Gasteiger partial charge in [0.15, 0.2) is 0 Å². The molecule has 0 saturated carbocycles. The molecule has 0 spiro atoms. The third kappa shape index (κ3) is 18.8. The molecule has 0 aliphatic heterocycles. The van der Waals surface area contributed by atoms with Crippen molar-refractivity contribution < 1.29 is 39.7 Å². The minimum atomic E-state index is -4.41. The number of ether oxygens (including phenoxy) is 1. The topological polar surface area (TPSA) is 153 Å². The Morgan fingerprint density at radius 2 is 1.48 bits per heavy atom. The van der Waals surface area contributed by atoms with Crippen molar-refractivity contribution in [3.8, 4) is 5.75 Å². The molecule has 0 saturated heterocycles. The highest BCUT2D eigenvalue weighted by atomic mass is 32.3. The average Bonchev–Trinajstić information content (AvgIpc) is 2.44. The van der Waals surface area contributed by atoms with Crippen molar-refractivity contribution in [2.75, 3.05) is 48.6 Å². The molecular formula is C14H25N2O9S2-. The van der Waals surface area contributed by atoms with Gasteiger partial charge in [0, 0.05) is 26.4 Å². The Morgan fingerprint density at radius 1 is 1.07 bits per heavy atom. The van der Waals surface area contributed by atoms with E-state index in [4.69, 9.17) is 17.7 Å². The molecule has 27 heavy (non-hydrogen) atoms. The molecule has 0 atom stereocenters. The fourth-order valence-electron chi connectivity index (χ4n) is 1.16. The molecule has 158 valence electrons. The number of hydrogen-bond donors (Lipinski definition) is 0. The Bertz CT molecular complexity index is 790. The van der Waals surface area contributed by atoms with Crippen LogP contribution in [0.4, 0.5) is 10.5 Å². The lowest BCUT2D eigenvalue weighted by Crippen LogP contribution is -2.34. The summed E-state index contributed by atoms with van der Waals surface area (Å²) in [6.45, 7) is 0. The number of benzene rings is 1. The predicted octanol–water partition coefficient (Wildman–Crippen LogP) is 0.198. The van der Waals surface area contributed by atoms with Gasteiger partial charge in [-0.25, -0.2) is 21.6 Å². The highest BCUT2D eigenvalue weighted by Gasteiger charge is 2.14. The van der Waals surface area contributed by atoms with E-state index in [9.17, 15) is 17.8 Å². The first-order valence-corrected chi connectivity index (χ1v) is 10.3. The van der Waals surface area contributed by atoms with Crippen molar-refractivity contribution in [2.24, 2.45) is 0 Å². The van der Waals surface area contributed by atoms with E-state index in [0.717, 1.165) is 12.8 Å². The lowest BCUT2D eigenvalue weighted by atomic mass is 10.2. The van der Waals surface area contributed by atoms with Gasteiger partial charge < -0.3 is 18.7 Å². The van der Waals surface area contributed by atoms with Crippen LogP contribution in [0.25, 0.3) is 0 Å². The zero-order valence-electron chi connectivity index (χ0n) is 16.2. The van der Waals surface area contributed by atoms with E-state index in [2.05, 4.69) is 25.3 Å². The number of quaternary nitrogens is 1. The molecule has 1 aromatic carbocycles. The number of nitrogens with zero attached hydrogens (tertiary/aromatic N) is 2. The highest BCUT2D eigenvalue weighted by molar-refractivity contribution is 7.84. The third-order valence-corrected chi connectivity index (χ3v) is 2.77.